The van der Waals surface area contributed by atoms with Crippen LogP contribution in [-0.4, -0.2) is 34.2 Å². The van der Waals surface area contributed by atoms with Crippen molar-refractivity contribution in [3.05, 3.63) is 72.9 Å². The fourth-order valence-corrected chi connectivity index (χ4v) is 2.70. The second-order valence-corrected chi connectivity index (χ2v) is 6.03. The highest BCUT2D eigenvalue weighted by Gasteiger charge is 2.08. The van der Waals surface area contributed by atoms with Gasteiger partial charge in [-0.3, -0.25) is 4.79 Å². The summed E-state index contributed by atoms with van der Waals surface area (Å²) in [6.07, 6.45) is 1.83. The second kappa shape index (κ2) is 7.79. The molecule has 0 bridgehead atoms. The Hall–Kier alpha value is -3.87. The van der Waals surface area contributed by atoms with E-state index >= 15 is 0 Å². The molecule has 1 amide bonds. The van der Waals surface area contributed by atoms with Crippen LogP contribution < -0.4 is 14.8 Å². The highest BCUT2D eigenvalue weighted by molar-refractivity contribution is 5.92. The normalized spacial score (nSPS) is 10.6. The van der Waals surface area contributed by atoms with Crippen LogP contribution in [0, 0.1) is 0 Å². The number of hydrogen-bond donors (Lipinski definition) is 1. The van der Waals surface area contributed by atoms with E-state index in [0.29, 0.717) is 17.3 Å². The minimum absolute atomic E-state index is 0.0499. The SMILES string of the molecule is COc1ccc2nc(-c3ccc(NC(=O)COc4ccccc4)cc3)cn2n1. The molecule has 0 saturated carbocycles. The van der Waals surface area contributed by atoms with Crippen molar-refractivity contribution in [3.8, 4) is 22.9 Å². The molecule has 7 nitrogen and oxygen atoms in total. The molecule has 0 aliphatic heterocycles. The standard InChI is InChI=1S/C21H18N4O3/c1-27-21-12-11-19-23-18(13-25(19)24-21)15-7-9-16(10-8-15)22-20(26)14-28-17-5-3-2-4-6-17/h2-13H,14H2,1H3,(H,22,26). The quantitative estimate of drug-likeness (QED) is 0.559. The Morgan fingerprint density at radius 2 is 1.82 bits per heavy atom. The van der Waals surface area contributed by atoms with E-state index < -0.39 is 0 Å². The van der Waals surface area contributed by atoms with Gasteiger partial charge in [-0.1, -0.05) is 30.3 Å². The van der Waals surface area contributed by atoms with E-state index in [1.165, 1.54) is 0 Å². The third-order valence-electron chi connectivity index (χ3n) is 4.08. The molecule has 2 aromatic carbocycles. The molecule has 0 aliphatic rings. The minimum atomic E-state index is -0.222. The van der Waals surface area contributed by atoms with E-state index in [4.69, 9.17) is 9.47 Å². The van der Waals surface area contributed by atoms with Crippen molar-refractivity contribution >= 4 is 17.2 Å². The number of para-hydroxylation sites is 1. The molecular weight excluding hydrogens is 356 g/mol. The van der Waals surface area contributed by atoms with Crippen molar-refractivity contribution in [2.45, 2.75) is 0 Å². The minimum Gasteiger partial charge on any atom is -0.484 e. The molecular formula is C21H18N4O3. The zero-order valence-electron chi connectivity index (χ0n) is 15.2. The van der Waals surface area contributed by atoms with Gasteiger partial charge in [0.1, 0.15) is 5.75 Å². The van der Waals surface area contributed by atoms with E-state index in [1.54, 1.807) is 29.8 Å². The smallest absolute Gasteiger partial charge is 0.262 e. The summed E-state index contributed by atoms with van der Waals surface area (Å²) < 4.78 is 12.2. The molecule has 0 spiro atoms. The van der Waals surface area contributed by atoms with Gasteiger partial charge in [0.15, 0.2) is 12.3 Å². The number of anilines is 1. The van der Waals surface area contributed by atoms with E-state index in [1.807, 2.05) is 54.7 Å². The second-order valence-electron chi connectivity index (χ2n) is 6.03. The number of aromatic nitrogens is 3. The third kappa shape index (κ3) is 3.93. The van der Waals surface area contributed by atoms with Gasteiger partial charge in [-0.15, -0.1) is 5.10 Å². The summed E-state index contributed by atoms with van der Waals surface area (Å²) in [6, 6.07) is 20.3. The van der Waals surface area contributed by atoms with E-state index in [2.05, 4.69) is 15.4 Å². The van der Waals surface area contributed by atoms with Gasteiger partial charge in [0.25, 0.3) is 5.91 Å². The van der Waals surface area contributed by atoms with Crippen LogP contribution in [0.1, 0.15) is 0 Å². The van der Waals surface area contributed by atoms with Gasteiger partial charge in [-0.25, -0.2) is 9.50 Å². The van der Waals surface area contributed by atoms with Crippen molar-refractivity contribution < 1.29 is 14.3 Å². The number of carbonyl (C=O) groups is 1. The van der Waals surface area contributed by atoms with Crippen LogP contribution >= 0.6 is 0 Å². The third-order valence-corrected chi connectivity index (χ3v) is 4.08. The van der Waals surface area contributed by atoms with Gasteiger partial charge in [-0.05, 0) is 30.3 Å². The molecule has 0 unspecified atom stereocenters. The Bertz CT molecular complexity index is 1090. The summed E-state index contributed by atoms with van der Waals surface area (Å²) in [4.78, 5) is 16.6. The molecule has 2 aromatic heterocycles. The van der Waals surface area contributed by atoms with Gasteiger partial charge >= 0.3 is 0 Å². The number of carbonyl (C=O) groups excluding carboxylic acids is 1. The van der Waals surface area contributed by atoms with Crippen molar-refractivity contribution in [2.75, 3.05) is 19.0 Å². The van der Waals surface area contributed by atoms with E-state index in [-0.39, 0.29) is 12.5 Å². The first-order valence-corrected chi connectivity index (χ1v) is 8.70. The Labute approximate surface area is 161 Å². The Morgan fingerprint density at radius 3 is 2.57 bits per heavy atom. The lowest BCUT2D eigenvalue weighted by molar-refractivity contribution is -0.118. The van der Waals surface area contributed by atoms with Crippen LogP contribution in [0.25, 0.3) is 16.9 Å². The van der Waals surface area contributed by atoms with Crippen LogP contribution in [0.5, 0.6) is 11.6 Å². The predicted octanol–water partition coefficient (Wildman–Crippen LogP) is 3.42. The average molecular weight is 374 g/mol. The first-order valence-electron chi connectivity index (χ1n) is 8.70. The summed E-state index contributed by atoms with van der Waals surface area (Å²) in [7, 11) is 1.57. The molecule has 2 heterocycles. The number of benzene rings is 2. The van der Waals surface area contributed by atoms with Gasteiger partial charge in [0.2, 0.25) is 5.88 Å². The lowest BCUT2D eigenvalue weighted by atomic mass is 10.1. The molecule has 7 heteroatoms. The summed E-state index contributed by atoms with van der Waals surface area (Å²) in [5.74, 6) is 0.956. The van der Waals surface area contributed by atoms with Crippen molar-refractivity contribution in [3.63, 3.8) is 0 Å². The highest BCUT2D eigenvalue weighted by Crippen LogP contribution is 2.21. The summed E-state index contributed by atoms with van der Waals surface area (Å²) in [6.45, 7) is -0.0499. The molecule has 4 rings (SSSR count). The maximum absolute atomic E-state index is 12.0. The van der Waals surface area contributed by atoms with Crippen molar-refractivity contribution in [1.82, 2.24) is 14.6 Å². The van der Waals surface area contributed by atoms with Crippen molar-refractivity contribution in [2.24, 2.45) is 0 Å². The van der Waals surface area contributed by atoms with E-state index in [9.17, 15) is 4.79 Å². The van der Waals surface area contributed by atoms with Crippen LogP contribution in [0.3, 0.4) is 0 Å². The summed E-state index contributed by atoms with van der Waals surface area (Å²) in [5, 5.41) is 7.12. The Morgan fingerprint density at radius 1 is 1.04 bits per heavy atom. The average Bonchev–Trinajstić information content (AvgIpc) is 3.17. The maximum Gasteiger partial charge on any atom is 0.262 e. The monoisotopic (exact) mass is 374 g/mol. The number of rotatable bonds is 6. The van der Waals surface area contributed by atoms with Gasteiger partial charge in [0.05, 0.1) is 19.0 Å². The lowest BCUT2D eigenvalue weighted by Crippen LogP contribution is -2.20. The van der Waals surface area contributed by atoms with Crippen LogP contribution in [-0.2, 0) is 4.79 Å². The van der Waals surface area contributed by atoms with Crippen LogP contribution in [0.15, 0.2) is 72.9 Å². The predicted molar refractivity (Wildman–Crippen MR) is 106 cm³/mol. The number of methoxy groups -OCH3 is 1. The van der Waals surface area contributed by atoms with Gasteiger partial charge < -0.3 is 14.8 Å². The maximum atomic E-state index is 12.0. The van der Waals surface area contributed by atoms with Crippen molar-refractivity contribution in [1.29, 1.82) is 0 Å². The molecule has 0 radical (unpaired) electrons. The number of ether oxygens (including phenoxy) is 2. The van der Waals surface area contributed by atoms with Crippen LogP contribution in [0.2, 0.25) is 0 Å². The lowest BCUT2D eigenvalue weighted by Gasteiger charge is -2.07. The largest absolute Gasteiger partial charge is 0.484 e. The number of nitrogens with zero attached hydrogens (tertiary/aromatic N) is 3. The highest BCUT2D eigenvalue weighted by atomic mass is 16.5. The van der Waals surface area contributed by atoms with Crippen LogP contribution in [0.4, 0.5) is 5.69 Å². The van der Waals surface area contributed by atoms with Gasteiger partial charge in [0, 0.05) is 17.3 Å². The molecule has 140 valence electrons. The summed E-state index contributed by atoms with van der Waals surface area (Å²) >= 11 is 0. The topological polar surface area (TPSA) is 77.8 Å². The molecule has 0 fully saturated rings. The zero-order chi connectivity index (χ0) is 19.3. The van der Waals surface area contributed by atoms with E-state index in [0.717, 1.165) is 16.9 Å². The Kier molecular flexibility index (Phi) is 4.88. The molecule has 0 saturated heterocycles. The zero-order valence-corrected chi connectivity index (χ0v) is 15.2. The molecule has 28 heavy (non-hydrogen) atoms. The summed E-state index contributed by atoms with van der Waals surface area (Å²) in [5.41, 5.74) is 3.12. The number of nitrogens with one attached hydrogen (secondary N) is 1. The molecule has 1 N–H and O–H groups in total. The molecule has 0 aliphatic carbocycles. The Balaban J connectivity index is 1.41. The molecule has 4 aromatic rings. The number of imidazole rings is 1. The fraction of sp³-hybridized carbons (Fsp3) is 0.0952. The number of amides is 1. The first kappa shape index (κ1) is 17.5. The molecule has 0 atom stereocenters. The first-order chi connectivity index (χ1) is 13.7. The number of hydrogen-bond acceptors (Lipinski definition) is 5. The van der Waals surface area contributed by atoms with Gasteiger partial charge in [-0.2, -0.15) is 0 Å². The fourth-order valence-electron chi connectivity index (χ4n) is 2.70. The number of fused-ring (bicyclic) bond motifs is 1.